The van der Waals surface area contributed by atoms with Gasteiger partial charge in [0.15, 0.2) is 28.8 Å². The maximum atomic E-state index is 12.4. The Morgan fingerprint density at radius 2 is 1.43 bits per heavy atom. The molecule has 6 heteroatoms. The van der Waals surface area contributed by atoms with Crippen LogP contribution < -0.4 is 24.3 Å². The van der Waals surface area contributed by atoms with Crippen LogP contribution in [0.1, 0.15) is 41.7 Å². The maximum absolute atomic E-state index is 12.4. The van der Waals surface area contributed by atoms with Crippen LogP contribution in [0.5, 0.6) is 23.0 Å². The molecule has 0 heterocycles. The zero-order chi connectivity index (χ0) is 20.5. The topological polar surface area (TPSA) is 66.0 Å². The second-order valence-corrected chi connectivity index (χ2v) is 6.39. The number of Topliss-reactive ketones (excluding diaryl/α,β-unsaturated/α-hetero) is 1. The van der Waals surface area contributed by atoms with Gasteiger partial charge in [0.05, 0.1) is 28.4 Å². The fraction of sp³-hybridized carbons (Fsp3) is 0.409. The number of hydrogen-bond acceptors (Lipinski definition) is 6. The van der Waals surface area contributed by atoms with Crippen LogP contribution in [0, 0.1) is 0 Å². The summed E-state index contributed by atoms with van der Waals surface area (Å²) >= 11 is 0. The molecule has 2 aromatic rings. The minimum Gasteiger partial charge on any atom is -0.493 e. The Balaban J connectivity index is 1.86. The first-order valence-corrected chi connectivity index (χ1v) is 9.24. The van der Waals surface area contributed by atoms with Crippen molar-refractivity contribution in [3.63, 3.8) is 0 Å². The van der Waals surface area contributed by atoms with E-state index < -0.39 is 0 Å². The molecule has 0 fully saturated rings. The fourth-order valence-corrected chi connectivity index (χ4v) is 2.96. The zero-order valence-electron chi connectivity index (χ0n) is 17.2. The number of ketones is 1. The molecular weight excluding hydrogens is 358 g/mol. The van der Waals surface area contributed by atoms with E-state index in [0.29, 0.717) is 35.0 Å². The van der Waals surface area contributed by atoms with Crippen LogP contribution >= 0.6 is 0 Å². The van der Waals surface area contributed by atoms with Crippen LogP contribution in [0.15, 0.2) is 36.4 Å². The molecule has 0 amide bonds. The Kier molecular flexibility index (Phi) is 8.14. The molecular formula is C22H29NO5. The molecule has 1 atom stereocenters. The quantitative estimate of drug-likeness (QED) is 0.464. The van der Waals surface area contributed by atoms with Crippen molar-refractivity contribution in [1.82, 2.24) is 5.32 Å². The van der Waals surface area contributed by atoms with Crippen LogP contribution in [0.3, 0.4) is 0 Å². The predicted octanol–water partition coefficient (Wildman–Crippen LogP) is 4.03. The molecule has 0 radical (unpaired) electrons. The fourth-order valence-electron chi connectivity index (χ4n) is 2.96. The summed E-state index contributed by atoms with van der Waals surface area (Å²) in [6, 6.07) is 11.2. The van der Waals surface area contributed by atoms with Crippen LogP contribution in [-0.4, -0.2) is 40.8 Å². The van der Waals surface area contributed by atoms with Gasteiger partial charge < -0.3 is 24.3 Å². The van der Waals surface area contributed by atoms with Gasteiger partial charge in [0.1, 0.15) is 0 Å². The standard InChI is InChI=1S/C22H29NO5/c1-15(16-8-10-19(25-2)21(13-16)27-4)23-12-6-7-18(24)17-9-11-20(26-3)22(14-17)28-5/h8-11,13-15,23H,6-7,12H2,1-5H3. The average Bonchev–Trinajstić information content (AvgIpc) is 2.75. The molecule has 152 valence electrons. The number of rotatable bonds is 11. The van der Waals surface area contributed by atoms with Crippen LogP contribution in [0.25, 0.3) is 0 Å². The van der Waals surface area contributed by atoms with Crippen molar-refractivity contribution in [3.8, 4) is 23.0 Å². The second kappa shape index (κ2) is 10.6. The molecule has 1 unspecified atom stereocenters. The minimum atomic E-state index is 0.0847. The highest BCUT2D eigenvalue weighted by atomic mass is 16.5. The molecule has 0 spiro atoms. The first-order valence-electron chi connectivity index (χ1n) is 9.24. The highest BCUT2D eigenvalue weighted by Crippen LogP contribution is 2.30. The lowest BCUT2D eigenvalue weighted by molar-refractivity contribution is 0.0979. The molecule has 0 aliphatic rings. The molecule has 0 saturated heterocycles. The van der Waals surface area contributed by atoms with Gasteiger partial charge in [-0.05, 0) is 55.8 Å². The number of hydrogen-bond donors (Lipinski definition) is 1. The number of nitrogens with one attached hydrogen (secondary N) is 1. The molecule has 0 aliphatic heterocycles. The van der Waals surface area contributed by atoms with E-state index in [9.17, 15) is 4.79 Å². The number of benzene rings is 2. The van der Waals surface area contributed by atoms with E-state index in [1.165, 1.54) is 0 Å². The van der Waals surface area contributed by atoms with Crippen molar-refractivity contribution in [1.29, 1.82) is 0 Å². The first kappa shape index (κ1) is 21.6. The summed E-state index contributed by atoms with van der Waals surface area (Å²) in [4.78, 5) is 12.4. The molecule has 0 aliphatic carbocycles. The highest BCUT2D eigenvalue weighted by molar-refractivity contribution is 5.96. The van der Waals surface area contributed by atoms with Gasteiger partial charge in [-0.25, -0.2) is 0 Å². The van der Waals surface area contributed by atoms with E-state index in [2.05, 4.69) is 12.2 Å². The maximum Gasteiger partial charge on any atom is 0.163 e. The third kappa shape index (κ3) is 5.39. The lowest BCUT2D eigenvalue weighted by Gasteiger charge is -2.16. The monoisotopic (exact) mass is 387 g/mol. The Hall–Kier alpha value is -2.73. The van der Waals surface area contributed by atoms with Crippen molar-refractivity contribution in [2.75, 3.05) is 35.0 Å². The summed E-state index contributed by atoms with van der Waals surface area (Å²) in [7, 11) is 6.38. The highest BCUT2D eigenvalue weighted by Gasteiger charge is 2.12. The van der Waals surface area contributed by atoms with Crippen molar-refractivity contribution in [2.45, 2.75) is 25.8 Å². The smallest absolute Gasteiger partial charge is 0.163 e. The lowest BCUT2D eigenvalue weighted by Crippen LogP contribution is -2.20. The van der Waals surface area contributed by atoms with Gasteiger partial charge >= 0.3 is 0 Å². The van der Waals surface area contributed by atoms with Gasteiger partial charge in [-0.2, -0.15) is 0 Å². The molecule has 2 aromatic carbocycles. The van der Waals surface area contributed by atoms with Crippen molar-refractivity contribution >= 4 is 5.78 Å². The molecule has 0 aromatic heterocycles. The van der Waals surface area contributed by atoms with Gasteiger partial charge in [-0.3, -0.25) is 4.79 Å². The Labute approximate surface area is 166 Å². The summed E-state index contributed by atoms with van der Waals surface area (Å²) < 4.78 is 21.1. The average molecular weight is 387 g/mol. The Bertz CT molecular complexity index is 790. The van der Waals surface area contributed by atoms with Gasteiger partial charge in [0, 0.05) is 18.0 Å². The molecule has 1 N–H and O–H groups in total. The van der Waals surface area contributed by atoms with Gasteiger partial charge in [-0.1, -0.05) is 6.07 Å². The molecule has 28 heavy (non-hydrogen) atoms. The number of carbonyl (C=O) groups excluding carboxylic acids is 1. The van der Waals surface area contributed by atoms with Crippen molar-refractivity contribution in [2.24, 2.45) is 0 Å². The van der Waals surface area contributed by atoms with Crippen LogP contribution in [0.2, 0.25) is 0 Å². The van der Waals surface area contributed by atoms with E-state index in [-0.39, 0.29) is 11.8 Å². The SMILES string of the molecule is COc1ccc(C(=O)CCCNC(C)c2ccc(OC)c(OC)c2)cc1OC. The number of ether oxygens (including phenoxy) is 4. The first-order chi connectivity index (χ1) is 13.5. The summed E-state index contributed by atoms with van der Waals surface area (Å²) in [5, 5.41) is 3.44. The van der Waals surface area contributed by atoms with E-state index in [4.69, 9.17) is 18.9 Å². The third-order valence-corrected chi connectivity index (χ3v) is 4.64. The summed E-state index contributed by atoms with van der Waals surface area (Å²) in [6.45, 7) is 2.81. The van der Waals surface area contributed by atoms with E-state index in [1.54, 1.807) is 46.6 Å². The van der Waals surface area contributed by atoms with Crippen molar-refractivity contribution < 1.29 is 23.7 Å². The molecule has 6 nitrogen and oxygen atoms in total. The second-order valence-electron chi connectivity index (χ2n) is 6.39. The zero-order valence-corrected chi connectivity index (χ0v) is 17.2. The number of carbonyl (C=O) groups is 1. The van der Waals surface area contributed by atoms with Gasteiger partial charge in [0.25, 0.3) is 0 Å². The van der Waals surface area contributed by atoms with E-state index >= 15 is 0 Å². The minimum absolute atomic E-state index is 0.0847. The summed E-state index contributed by atoms with van der Waals surface area (Å²) in [6.07, 6.45) is 1.20. The predicted molar refractivity (Wildman–Crippen MR) is 109 cm³/mol. The Morgan fingerprint density at radius 1 is 0.857 bits per heavy atom. The van der Waals surface area contributed by atoms with Crippen molar-refractivity contribution in [3.05, 3.63) is 47.5 Å². The van der Waals surface area contributed by atoms with Crippen LogP contribution in [0.4, 0.5) is 0 Å². The number of methoxy groups -OCH3 is 4. The van der Waals surface area contributed by atoms with Crippen LogP contribution in [-0.2, 0) is 0 Å². The summed E-state index contributed by atoms with van der Waals surface area (Å²) in [5.74, 6) is 2.68. The normalized spacial score (nSPS) is 11.6. The third-order valence-electron chi connectivity index (χ3n) is 4.64. The molecule has 2 rings (SSSR count). The molecule has 0 saturated carbocycles. The largest absolute Gasteiger partial charge is 0.493 e. The van der Waals surface area contributed by atoms with E-state index in [0.717, 1.165) is 18.5 Å². The molecule has 0 bridgehead atoms. The van der Waals surface area contributed by atoms with E-state index in [1.807, 2.05) is 18.2 Å². The van der Waals surface area contributed by atoms with Gasteiger partial charge in [0.2, 0.25) is 0 Å². The summed E-state index contributed by atoms with van der Waals surface area (Å²) in [5.41, 5.74) is 1.73. The Morgan fingerprint density at radius 3 is 2.04 bits per heavy atom. The lowest BCUT2D eigenvalue weighted by atomic mass is 10.0. The van der Waals surface area contributed by atoms with Gasteiger partial charge in [-0.15, -0.1) is 0 Å².